The first-order valence-corrected chi connectivity index (χ1v) is 6.90. The minimum atomic E-state index is -4.44. The van der Waals surface area contributed by atoms with Crippen LogP contribution in [0.4, 0.5) is 17.6 Å². The number of nitrogens with zero attached hydrogens (tertiary/aromatic N) is 1. The van der Waals surface area contributed by atoms with Crippen molar-refractivity contribution in [1.82, 2.24) is 4.90 Å². The number of amides is 1. The number of hydrogen-bond donors (Lipinski definition) is 0. The van der Waals surface area contributed by atoms with Crippen molar-refractivity contribution in [1.29, 1.82) is 0 Å². The van der Waals surface area contributed by atoms with Crippen LogP contribution in [0.25, 0.3) is 0 Å². The van der Waals surface area contributed by atoms with Crippen LogP contribution in [-0.4, -0.2) is 17.9 Å². The summed E-state index contributed by atoms with van der Waals surface area (Å²) in [6.45, 7) is 1.76. The van der Waals surface area contributed by atoms with E-state index in [1.807, 2.05) is 0 Å². The number of alkyl halides is 3. The Hall–Kier alpha value is -2.37. The van der Waals surface area contributed by atoms with E-state index in [1.54, 1.807) is 26.1 Å². The molecule has 23 heavy (non-hydrogen) atoms. The molecule has 2 aromatic carbocycles. The van der Waals surface area contributed by atoms with Gasteiger partial charge in [-0.1, -0.05) is 12.1 Å². The molecule has 0 heterocycles. The second-order valence-corrected chi connectivity index (χ2v) is 5.22. The predicted octanol–water partition coefficient (Wildman–Crippen LogP) is 4.68. The average Bonchev–Trinajstić information content (AvgIpc) is 2.53. The quantitative estimate of drug-likeness (QED) is 0.751. The maximum Gasteiger partial charge on any atom is 0.416 e. The lowest BCUT2D eigenvalue weighted by Gasteiger charge is -2.25. The lowest BCUT2D eigenvalue weighted by molar-refractivity contribution is -0.137. The first-order chi connectivity index (χ1) is 10.7. The van der Waals surface area contributed by atoms with Crippen molar-refractivity contribution in [3.05, 3.63) is 71.0 Å². The summed E-state index contributed by atoms with van der Waals surface area (Å²) in [5.41, 5.74) is 0.0897. The zero-order chi connectivity index (χ0) is 17.2. The van der Waals surface area contributed by atoms with Gasteiger partial charge in [0.05, 0.1) is 11.6 Å². The molecule has 0 radical (unpaired) electrons. The molecular formula is C17H15F4NO. The molecule has 1 atom stereocenters. The van der Waals surface area contributed by atoms with Gasteiger partial charge in [0.15, 0.2) is 0 Å². The molecule has 122 valence electrons. The molecular weight excluding hydrogens is 310 g/mol. The summed E-state index contributed by atoms with van der Waals surface area (Å²) in [5.74, 6) is -0.784. The molecule has 2 aromatic rings. The van der Waals surface area contributed by atoms with Crippen molar-refractivity contribution in [2.75, 3.05) is 7.05 Å². The molecule has 2 nitrogen and oxygen atoms in total. The van der Waals surface area contributed by atoms with E-state index in [0.717, 1.165) is 29.8 Å². The van der Waals surface area contributed by atoms with Crippen LogP contribution in [0.5, 0.6) is 0 Å². The second kappa shape index (κ2) is 6.40. The summed E-state index contributed by atoms with van der Waals surface area (Å²) in [6, 6.07) is 9.44. The topological polar surface area (TPSA) is 20.3 Å². The van der Waals surface area contributed by atoms with Crippen LogP contribution < -0.4 is 0 Å². The molecule has 0 saturated carbocycles. The summed E-state index contributed by atoms with van der Waals surface area (Å²) in [6.07, 6.45) is -4.44. The Morgan fingerprint density at radius 2 is 1.52 bits per heavy atom. The van der Waals surface area contributed by atoms with Gasteiger partial charge in [0.25, 0.3) is 5.91 Å². The van der Waals surface area contributed by atoms with Gasteiger partial charge in [-0.05, 0) is 48.9 Å². The largest absolute Gasteiger partial charge is 0.416 e. The van der Waals surface area contributed by atoms with Gasteiger partial charge in [-0.3, -0.25) is 4.79 Å². The lowest BCUT2D eigenvalue weighted by atomic mass is 10.1. The van der Waals surface area contributed by atoms with Crippen LogP contribution in [0.15, 0.2) is 48.5 Å². The molecule has 0 aliphatic carbocycles. The van der Waals surface area contributed by atoms with Crippen molar-refractivity contribution in [2.45, 2.75) is 19.1 Å². The first kappa shape index (κ1) is 17.0. The number of halogens is 4. The molecule has 2 rings (SSSR count). The van der Waals surface area contributed by atoms with Crippen LogP contribution in [-0.2, 0) is 6.18 Å². The van der Waals surface area contributed by atoms with E-state index >= 15 is 0 Å². The molecule has 0 fully saturated rings. The minimum Gasteiger partial charge on any atom is -0.335 e. The Morgan fingerprint density at radius 3 is 2.00 bits per heavy atom. The normalized spacial score (nSPS) is 12.8. The van der Waals surface area contributed by atoms with Crippen LogP contribution in [0.2, 0.25) is 0 Å². The Kier molecular flexibility index (Phi) is 4.73. The summed E-state index contributed by atoms with van der Waals surface area (Å²) in [7, 11) is 1.55. The van der Waals surface area contributed by atoms with E-state index in [9.17, 15) is 22.4 Å². The molecule has 0 aromatic heterocycles. The monoisotopic (exact) mass is 325 g/mol. The predicted molar refractivity (Wildman–Crippen MR) is 78.4 cm³/mol. The summed E-state index contributed by atoms with van der Waals surface area (Å²) in [5, 5.41) is 0. The van der Waals surface area contributed by atoms with Crippen molar-refractivity contribution in [3.8, 4) is 0 Å². The van der Waals surface area contributed by atoms with Gasteiger partial charge < -0.3 is 4.90 Å². The van der Waals surface area contributed by atoms with E-state index in [4.69, 9.17) is 0 Å². The maximum atomic E-state index is 12.9. The van der Waals surface area contributed by atoms with E-state index in [-0.39, 0.29) is 17.4 Å². The lowest BCUT2D eigenvalue weighted by Crippen LogP contribution is -2.29. The van der Waals surface area contributed by atoms with Crippen LogP contribution >= 0.6 is 0 Å². The second-order valence-electron chi connectivity index (χ2n) is 5.22. The zero-order valence-electron chi connectivity index (χ0n) is 12.6. The van der Waals surface area contributed by atoms with Crippen molar-refractivity contribution >= 4 is 5.91 Å². The fraction of sp³-hybridized carbons (Fsp3) is 0.235. The number of benzene rings is 2. The van der Waals surface area contributed by atoms with Crippen molar-refractivity contribution in [2.24, 2.45) is 0 Å². The number of rotatable bonds is 3. The smallest absolute Gasteiger partial charge is 0.335 e. The molecule has 1 unspecified atom stereocenters. The molecule has 0 aliphatic heterocycles. The molecule has 0 bridgehead atoms. The van der Waals surface area contributed by atoms with Crippen LogP contribution in [0.1, 0.15) is 34.5 Å². The number of carbonyl (C=O) groups is 1. The molecule has 6 heteroatoms. The third-order valence-corrected chi connectivity index (χ3v) is 3.71. The Balaban J connectivity index is 2.17. The van der Waals surface area contributed by atoms with E-state index in [0.29, 0.717) is 0 Å². The van der Waals surface area contributed by atoms with E-state index in [1.165, 1.54) is 17.0 Å². The summed E-state index contributed by atoms with van der Waals surface area (Å²) < 4.78 is 50.5. The molecule has 0 spiro atoms. The Labute approximate surface area is 131 Å². The first-order valence-electron chi connectivity index (χ1n) is 6.90. The highest BCUT2D eigenvalue weighted by molar-refractivity contribution is 5.94. The number of hydrogen-bond acceptors (Lipinski definition) is 1. The number of carbonyl (C=O) groups excluding carboxylic acids is 1. The van der Waals surface area contributed by atoms with Gasteiger partial charge in [-0.15, -0.1) is 0 Å². The Morgan fingerprint density at radius 1 is 1.00 bits per heavy atom. The molecule has 0 N–H and O–H groups in total. The highest BCUT2D eigenvalue weighted by Crippen LogP contribution is 2.29. The molecule has 0 saturated heterocycles. The Bertz CT molecular complexity index is 677. The van der Waals surface area contributed by atoms with Gasteiger partial charge in [0.2, 0.25) is 0 Å². The van der Waals surface area contributed by atoms with E-state index in [2.05, 4.69) is 0 Å². The van der Waals surface area contributed by atoms with Gasteiger partial charge >= 0.3 is 6.18 Å². The van der Waals surface area contributed by atoms with Gasteiger partial charge in [0, 0.05) is 12.6 Å². The molecule has 0 aliphatic rings. The maximum absolute atomic E-state index is 12.9. The van der Waals surface area contributed by atoms with Crippen LogP contribution in [0, 0.1) is 5.82 Å². The fourth-order valence-corrected chi connectivity index (χ4v) is 2.15. The third-order valence-electron chi connectivity index (χ3n) is 3.71. The fourth-order valence-electron chi connectivity index (χ4n) is 2.15. The minimum absolute atomic E-state index is 0.162. The average molecular weight is 325 g/mol. The highest BCUT2D eigenvalue weighted by Gasteiger charge is 2.30. The summed E-state index contributed by atoms with van der Waals surface area (Å²) >= 11 is 0. The third kappa shape index (κ3) is 3.88. The van der Waals surface area contributed by atoms with Gasteiger partial charge in [-0.25, -0.2) is 4.39 Å². The zero-order valence-corrected chi connectivity index (χ0v) is 12.6. The highest BCUT2D eigenvalue weighted by atomic mass is 19.4. The SMILES string of the molecule is CC(c1ccc(F)cc1)N(C)C(=O)c1ccc(C(F)(F)F)cc1. The molecule has 1 amide bonds. The standard InChI is InChI=1S/C17H15F4NO/c1-11(12-5-9-15(18)10-6-12)22(2)16(23)13-3-7-14(8-4-13)17(19,20)21/h3-11H,1-2H3. The van der Waals surface area contributed by atoms with Crippen LogP contribution in [0.3, 0.4) is 0 Å². The van der Waals surface area contributed by atoms with Crippen molar-refractivity contribution in [3.63, 3.8) is 0 Å². The summed E-state index contributed by atoms with van der Waals surface area (Å²) in [4.78, 5) is 13.8. The van der Waals surface area contributed by atoms with Gasteiger partial charge in [0.1, 0.15) is 5.82 Å². The van der Waals surface area contributed by atoms with Crippen molar-refractivity contribution < 1.29 is 22.4 Å². The van der Waals surface area contributed by atoms with E-state index < -0.39 is 17.6 Å². The van der Waals surface area contributed by atoms with Gasteiger partial charge in [-0.2, -0.15) is 13.2 Å².